The van der Waals surface area contributed by atoms with E-state index in [-0.39, 0.29) is 17.1 Å². The van der Waals surface area contributed by atoms with Crippen LogP contribution in [0.3, 0.4) is 0 Å². The fraction of sp³-hybridized carbons (Fsp3) is 0.848. The Hall–Kier alpha value is -0.696. The molecule has 0 saturated heterocycles. The molecular weight excluding hydrogens is 517 g/mol. The lowest BCUT2D eigenvalue weighted by Gasteiger charge is -2.45. The quantitative estimate of drug-likeness (QED) is 0.0599. The lowest BCUT2D eigenvalue weighted by Crippen LogP contribution is -2.51. The van der Waals surface area contributed by atoms with E-state index in [1.54, 1.807) is 6.08 Å². The normalized spacial score (nSPS) is 21.1. The van der Waals surface area contributed by atoms with E-state index in [9.17, 15) is 4.79 Å². The van der Waals surface area contributed by atoms with Gasteiger partial charge in [-0.25, -0.2) is 4.79 Å². The van der Waals surface area contributed by atoms with Crippen LogP contribution in [0, 0.1) is 11.8 Å². The topological polar surface area (TPSA) is 44.8 Å². The maximum absolute atomic E-state index is 12.3. The van der Waals surface area contributed by atoms with Crippen LogP contribution in [-0.4, -0.2) is 41.4 Å². The fourth-order valence-corrected chi connectivity index (χ4v) is 13.5. The summed E-state index contributed by atoms with van der Waals surface area (Å²) in [4.78, 5) is 12.3. The summed E-state index contributed by atoms with van der Waals surface area (Å²) in [7, 11) is -3.82. The zero-order valence-electron chi connectivity index (χ0n) is 27.9. The molecule has 1 aliphatic rings. The molecule has 0 heterocycles. The van der Waals surface area contributed by atoms with Crippen molar-refractivity contribution in [3.05, 3.63) is 24.3 Å². The Morgan fingerprint density at radius 2 is 1.54 bits per heavy atom. The maximum atomic E-state index is 12.3. The Morgan fingerprint density at radius 1 is 0.949 bits per heavy atom. The summed E-state index contributed by atoms with van der Waals surface area (Å²) in [6.45, 7) is 30.1. The van der Waals surface area contributed by atoms with E-state index < -0.39 is 16.6 Å². The second kappa shape index (κ2) is 16.1. The van der Waals surface area contributed by atoms with Gasteiger partial charge in [0, 0.05) is 12.2 Å². The Kier molecular flexibility index (Phi) is 15.0. The highest BCUT2D eigenvalue weighted by molar-refractivity contribution is 6.77. The van der Waals surface area contributed by atoms with Gasteiger partial charge >= 0.3 is 5.97 Å². The summed E-state index contributed by atoms with van der Waals surface area (Å²) in [5.74, 6) is 0.618. The first-order valence-corrected chi connectivity index (χ1v) is 20.9. The first-order chi connectivity index (χ1) is 18.0. The first-order valence-electron chi connectivity index (χ1n) is 15.9. The number of allylic oxidation sites excluding steroid dienone is 2. The maximum Gasteiger partial charge on any atom is 0.330 e. The molecule has 0 spiro atoms. The lowest BCUT2D eigenvalue weighted by atomic mass is 9.89. The number of esters is 1. The van der Waals surface area contributed by atoms with Gasteiger partial charge < -0.3 is 13.6 Å². The zero-order valence-corrected chi connectivity index (χ0v) is 29.9. The molecule has 1 rings (SSSR count). The molecule has 0 aromatic heterocycles. The number of hydrogen-bond acceptors (Lipinski definition) is 4. The van der Waals surface area contributed by atoms with Crippen molar-refractivity contribution in [2.75, 3.05) is 6.61 Å². The SMILES string of the molecule is CCOC(=O)/C=C/[C@@H](O[Si](C(C)C)(C(C)C)C(C)C)[C@@H]1CCC[C@H]1/C=C/CCC[C@@H](C)O[Si](C)(C)C(C)(C)C. The highest BCUT2D eigenvalue weighted by atomic mass is 28.4. The van der Waals surface area contributed by atoms with Crippen molar-refractivity contribution >= 4 is 22.6 Å². The molecule has 1 aliphatic carbocycles. The number of rotatable bonds is 16. The standard InChI is InChI=1S/C33H64O4Si2/c1-14-35-32(34)24-23-31(37-39(25(2)3,26(4)5)27(6)7)30-22-18-21-29(30)20-17-15-16-19-28(8)36-38(12,13)33(9,10)11/h17,20,23-31H,14-16,18-19,21-22H2,1-13H3/b20-17+,24-23+/t28-,29-,30-,31-/m1/s1. The Morgan fingerprint density at radius 3 is 2.05 bits per heavy atom. The van der Waals surface area contributed by atoms with E-state index in [2.05, 4.69) is 94.5 Å². The average molecular weight is 581 g/mol. The number of carbonyl (C=O) groups is 1. The Labute approximate surface area is 245 Å². The van der Waals surface area contributed by atoms with Crippen LogP contribution in [0.1, 0.15) is 115 Å². The smallest absolute Gasteiger partial charge is 0.330 e. The molecule has 0 aromatic rings. The van der Waals surface area contributed by atoms with Gasteiger partial charge in [0.1, 0.15) is 0 Å². The van der Waals surface area contributed by atoms with Crippen molar-refractivity contribution in [2.24, 2.45) is 11.8 Å². The summed E-state index contributed by atoms with van der Waals surface area (Å²) in [6.07, 6.45) is 15.6. The van der Waals surface area contributed by atoms with E-state index in [1.165, 1.54) is 12.8 Å². The largest absolute Gasteiger partial charge is 0.463 e. The summed E-state index contributed by atoms with van der Waals surface area (Å²) >= 11 is 0. The number of unbranched alkanes of at least 4 members (excludes halogenated alkanes) is 1. The minimum absolute atomic E-state index is 0.0524. The van der Waals surface area contributed by atoms with Gasteiger partial charge in [0.15, 0.2) is 8.32 Å². The molecule has 228 valence electrons. The molecule has 6 heteroatoms. The molecule has 39 heavy (non-hydrogen) atoms. The molecule has 0 amide bonds. The summed E-state index contributed by atoms with van der Waals surface area (Å²) in [5.41, 5.74) is 1.51. The van der Waals surface area contributed by atoms with Gasteiger partial charge in [-0.1, -0.05) is 80.9 Å². The highest BCUT2D eigenvalue weighted by Crippen LogP contribution is 2.46. The average Bonchev–Trinajstić information content (AvgIpc) is 3.25. The monoisotopic (exact) mass is 580 g/mol. The summed E-state index contributed by atoms with van der Waals surface area (Å²) in [5, 5.41) is 0.250. The molecule has 4 atom stereocenters. The zero-order chi connectivity index (χ0) is 30.0. The third-order valence-electron chi connectivity index (χ3n) is 9.47. The van der Waals surface area contributed by atoms with Crippen molar-refractivity contribution in [1.29, 1.82) is 0 Å². The highest BCUT2D eigenvalue weighted by Gasteiger charge is 2.48. The van der Waals surface area contributed by atoms with Crippen molar-refractivity contribution < 1.29 is 18.4 Å². The van der Waals surface area contributed by atoms with Crippen LogP contribution < -0.4 is 0 Å². The molecule has 0 unspecified atom stereocenters. The molecule has 0 aliphatic heterocycles. The van der Waals surface area contributed by atoms with Gasteiger partial charge in [-0.3, -0.25) is 0 Å². The van der Waals surface area contributed by atoms with E-state index >= 15 is 0 Å². The molecule has 0 aromatic carbocycles. The molecule has 0 N–H and O–H groups in total. The minimum atomic E-state index is -2.11. The molecule has 0 radical (unpaired) electrons. The fourth-order valence-electron chi connectivity index (χ4n) is 6.47. The van der Waals surface area contributed by atoms with Crippen LogP contribution >= 0.6 is 0 Å². The second-order valence-electron chi connectivity index (χ2n) is 14.3. The van der Waals surface area contributed by atoms with Gasteiger partial charge in [0.25, 0.3) is 0 Å². The van der Waals surface area contributed by atoms with E-state index in [1.807, 2.05) is 13.0 Å². The second-order valence-corrected chi connectivity index (χ2v) is 24.5. The van der Waals surface area contributed by atoms with Crippen molar-refractivity contribution in [1.82, 2.24) is 0 Å². The van der Waals surface area contributed by atoms with Crippen LogP contribution in [0.15, 0.2) is 24.3 Å². The molecule has 1 fully saturated rings. The number of ether oxygens (including phenoxy) is 1. The van der Waals surface area contributed by atoms with Gasteiger partial charge in [-0.15, -0.1) is 0 Å². The van der Waals surface area contributed by atoms with Crippen LogP contribution in [0.5, 0.6) is 0 Å². The predicted octanol–water partition coefficient (Wildman–Crippen LogP) is 10.2. The van der Waals surface area contributed by atoms with Crippen LogP contribution in [0.25, 0.3) is 0 Å². The van der Waals surface area contributed by atoms with E-state index in [0.29, 0.717) is 41.2 Å². The Bertz CT molecular complexity index is 757. The predicted molar refractivity (Wildman–Crippen MR) is 173 cm³/mol. The van der Waals surface area contributed by atoms with Crippen molar-refractivity contribution in [3.63, 3.8) is 0 Å². The third kappa shape index (κ3) is 10.6. The van der Waals surface area contributed by atoms with Crippen LogP contribution in [0.2, 0.25) is 34.8 Å². The van der Waals surface area contributed by atoms with Gasteiger partial charge in [-0.2, -0.15) is 0 Å². The summed E-state index contributed by atoms with van der Waals surface area (Å²) in [6, 6.07) is 0. The van der Waals surface area contributed by atoms with Gasteiger partial charge in [-0.05, 0) is 98.6 Å². The molecule has 0 bridgehead atoms. The lowest BCUT2D eigenvalue weighted by molar-refractivity contribution is -0.137. The van der Waals surface area contributed by atoms with Crippen LogP contribution in [-0.2, 0) is 18.4 Å². The third-order valence-corrected chi connectivity index (χ3v) is 20.2. The van der Waals surface area contributed by atoms with Crippen molar-refractivity contribution in [2.45, 2.75) is 162 Å². The van der Waals surface area contributed by atoms with Crippen molar-refractivity contribution in [3.8, 4) is 0 Å². The summed E-state index contributed by atoms with van der Waals surface area (Å²) < 4.78 is 19.1. The molecular formula is C33H64O4Si2. The number of carbonyl (C=O) groups excluding carboxylic acids is 1. The van der Waals surface area contributed by atoms with Crippen LogP contribution in [0.4, 0.5) is 0 Å². The molecule has 4 nitrogen and oxygen atoms in total. The van der Waals surface area contributed by atoms with Gasteiger partial charge in [0.05, 0.1) is 12.7 Å². The van der Waals surface area contributed by atoms with Gasteiger partial charge in [0.2, 0.25) is 8.32 Å². The Balaban J connectivity index is 2.98. The van der Waals surface area contributed by atoms with E-state index in [0.717, 1.165) is 25.7 Å². The minimum Gasteiger partial charge on any atom is -0.463 e. The van der Waals surface area contributed by atoms with E-state index in [4.69, 9.17) is 13.6 Å². The first kappa shape index (κ1) is 36.3. The molecule has 1 saturated carbocycles. The number of hydrogen-bond donors (Lipinski definition) is 0.